The Labute approximate surface area is 192 Å². The van der Waals surface area contributed by atoms with E-state index in [1.165, 1.54) is 16.7 Å². The Balaban J connectivity index is 1.64. The van der Waals surface area contributed by atoms with Crippen molar-refractivity contribution in [3.8, 4) is 0 Å². The van der Waals surface area contributed by atoms with E-state index in [0.29, 0.717) is 40.8 Å². The molecule has 1 saturated heterocycles. The molecule has 1 aliphatic heterocycles. The molecular formula is C25H29N3O3S. The second kappa shape index (κ2) is 9.38. The molecule has 7 heteroatoms. The molecule has 3 aromatic rings. The number of ether oxygens (including phenoxy) is 1. The molecule has 6 nitrogen and oxygen atoms in total. The number of carbonyl (C=O) groups is 1. The Bertz CT molecular complexity index is 1280. The highest BCUT2D eigenvalue weighted by Crippen LogP contribution is 2.34. The molecule has 1 atom stereocenters. The molecule has 168 valence electrons. The summed E-state index contributed by atoms with van der Waals surface area (Å²) >= 11 is 5.41. The number of hydrogen-bond acceptors (Lipinski definition) is 4. The van der Waals surface area contributed by atoms with Crippen molar-refractivity contribution in [2.75, 3.05) is 20.3 Å². The lowest BCUT2D eigenvalue weighted by molar-refractivity contribution is 0.0735. The number of H-pyrrole nitrogens is 1. The maximum Gasteiger partial charge on any atom is 0.262 e. The van der Waals surface area contributed by atoms with Crippen molar-refractivity contribution in [1.82, 2.24) is 14.5 Å². The number of nitrogens with one attached hydrogen (secondary N) is 1. The van der Waals surface area contributed by atoms with E-state index in [1.807, 2.05) is 4.90 Å². The van der Waals surface area contributed by atoms with Crippen molar-refractivity contribution in [3.63, 3.8) is 0 Å². The summed E-state index contributed by atoms with van der Waals surface area (Å²) in [5, 5.41) is 0.527. The van der Waals surface area contributed by atoms with Crippen LogP contribution in [0.2, 0.25) is 0 Å². The topological polar surface area (TPSA) is 67.3 Å². The van der Waals surface area contributed by atoms with E-state index in [4.69, 9.17) is 17.0 Å². The molecule has 4 rings (SSSR count). The van der Waals surface area contributed by atoms with Gasteiger partial charge in [-0.2, -0.15) is 0 Å². The van der Waals surface area contributed by atoms with Crippen LogP contribution in [0.1, 0.15) is 52.4 Å². The minimum atomic E-state index is -0.145. The number of fused-ring (bicyclic) bond motifs is 1. The Morgan fingerprint density at radius 2 is 2.00 bits per heavy atom. The molecule has 0 spiro atoms. The van der Waals surface area contributed by atoms with Crippen molar-refractivity contribution in [2.24, 2.45) is 0 Å². The van der Waals surface area contributed by atoms with Gasteiger partial charge in [0.05, 0.1) is 16.9 Å². The predicted molar refractivity (Wildman–Crippen MR) is 129 cm³/mol. The quantitative estimate of drug-likeness (QED) is 0.436. The van der Waals surface area contributed by atoms with E-state index in [-0.39, 0.29) is 17.5 Å². The number of amides is 1. The first kappa shape index (κ1) is 22.4. The highest BCUT2D eigenvalue weighted by Gasteiger charge is 2.31. The van der Waals surface area contributed by atoms with Gasteiger partial charge in [-0.05, 0) is 80.2 Å². The van der Waals surface area contributed by atoms with Gasteiger partial charge < -0.3 is 14.6 Å². The molecule has 0 saturated carbocycles. The number of aromatic amines is 1. The standard InChI is InChI=1S/C25H29N3O3S/c1-16-7-8-18(14-17(16)2)22-6-4-11-27(22)23(29)19-9-10-20-21(15-19)26-25(32)28(24(20)30)12-5-13-31-3/h7-10,14-15,22H,4-6,11-13H2,1-3H3,(H,26,32). The van der Waals surface area contributed by atoms with Gasteiger partial charge in [-0.25, -0.2) is 0 Å². The van der Waals surface area contributed by atoms with Crippen LogP contribution < -0.4 is 5.56 Å². The summed E-state index contributed by atoms with van der Waals surface area (Å²) in [6.45, 7) is 5.98. The second-order valence-corrected chi connectivity index (χ2v) is 8.88. The van der Waals surface area contributed by atoms with Crippen LogP contribution in [0.3, 0.4) is 0 Å². The summed E-state index contributed by atoms with van der Waals surface area (Å²) < 4.78 is 6.98. The predicted octanol–water partition coefficient (Wildman–Crippen LogP) is 4.69. The van der Waals surface area contributed by atoms with Crippen LogP contribution in [-0.4, -0.2) is 40.6 Å². The molecular weight excluding hydrogens is 422 g/mol. The molecule has 2 heterocycles. The number of nitrogens with zero attached hydrogens (tertiary/aromatic N) is 2. The molecule has 0 bridgehead atoms. The van der Waals surface area contributed by atoms with Crippen molar-refractivity contribution in [1.29, 1.82) is 0 Å². The average molecular weight is 452 g/mol. The molecule has 0 radical (unpaired) electrons. The molecule has 32 heavy (non-hydrogen) atoms. The van der Waals surface area contributed by atoms with Gasteiger partial charge in [0, 0.05) is 32.4 Å². The lowest BCUT2D eigenvalue weighted by Crippen LogP contribution is -2.30. The second-order valence-electron chi connectivity index (χ2n) is 8.49. The zero-order chi connectivity index (χ0) is 22.8. The number of carbonyl (C=O) groups excluding carboxylic acids is 1. The van der Waals surface area contributed by atoms with Gasteiger partial charge in [0.2, 0.25) is 0 Å². The highest BCUT2D eigenvalue weighted by molar-refractivity contribution is 7.71. The summed E-state index contributed by atoms with van der Waals surface area (Å²) in [6.07, 6.45) is 2.63. The Morgan fingerprint density at radius 1 is 1.19 bits per heavy atom. The van der Waals surface area contributed by atoms with Crippen LogP contribution in [0, 0.1) is 18.6 Å². The molecule has 1 aliphatic rings. The SMILES string of the molecule is COCCCn1c(=S)[nH]c2cc(C(=O)N3CCCC3c3ccc(C)c(C)c3)ccc2c1=O. The zero-order valence-corrected chi connectivity index (χ0v) is 19.6. The summed E-state index contributed by atoms with van der Waals surface area (Å²) in [5.74, 6) is -0.0174. The number of methoxy groups -OCH3 is 1. The summed E-state index contributed by atoms with van der Waals surface area (Å²) in [4.78, 5) is 31.4. The number of hydrogen-bond donors (Lipinski definition) is 1. The van der Waals surface area contributed by atoms with E-state index in [0.717, 1.165) is 19.4 Å². The third-order valence-electron chi connectivity index (χ3n) is 6.39. The van der Waals surface area contributed by atoms with Gasteiger partial charge in [-0.3, -0.25) is 14.2 Å². The van der Waals surface area contributed by atoms with E-state index < -0.39 is 0 Å². The Hall–Kier alpha value is -2.77. The van der Waals surface area contributed by atoms with Gasteiger partial charge in [0.25, 0.3) is 11.5 Å². The van der Waals surface area contributed by atoms with Gasteiger partial charge in [0.1, 0.15) is 0 Å². The summed E-state index contributed by atoms with van der Waals surface area (Å²) in [7, 11) is 1.63. The normalized spacial score (nSPS) is 16.1. The number of aromatic nitrogens is 2. The van der Waals surface area contributed by atoms with Crippen LogP contribution in [0.4, 0.5) is 0 Å². The lowest BCUT2D eigenvalue weighted by atomic mass is 9.99. The number of rotatable bonds is 6. The Kier molecular flexibility index (Phi) is 6.58. The van der Waals surface area contributed by atoms with Crippen molar-refractivity contribution in [3.05, 3.63) is 73.8 Å². The van der Waals surface area contributed by atoms with E-state index in [9.17, 15) is 9.59 Å². The van der Waals surface area contributed by atoms with Gasteiger partial charge in [-0.15, -0.1) is 0 Å². The highest BCUT2D eigenvalue weighted by atomic mass is 32.1. The third-order valence-corrected chi connectivity index (χ3v) is 6.71. The third kappa shape index (κ3) is 4.27. The zero-order valence-electron chi connectivity index (χ0n) is 18.8. The maximum absolute atomic E-state index is 13.4. The molecule has 1 aromatic heterocycles. The molecule has 2 aromatic carbocycles. The van der Waals surface area contributed by atoms with E-state index in [1.54, 1.807) is 29.9 Å². The molecule has 1 amide bonds. The van der Waals surface area contributed by atoms with Crippen LogP contribution in [-0.2, 0) is 11.3 Å². The molecule has 1 N–H and O–H groups in total. The van der Waals surface area contributed by atoms with Crippen LogP contribution in [0.5, 0.6) is 0 Å². The first-order chi connectivity index (χ1) is 15.4. The lowest BCUT2D eigenvalue weighted by Gasteiger charge is -2.26. The number of likely N-dealkylation sites (tertiary alicyclic amines) is 1. The minimum absolute atomic E-state index is 0.0174. The summed E-state index contributed by atoms with van der Waals surface area (Å²) in [5.41, 5.74) is 4.68. The number of aryl methyl sites for hydroxylation is 2. The van der Waals surface area contributed by atoms with Crippen LogP contribution >= 0.6 is 12.2 Å². The van der Waals surface area contributed by atoms with E-state index >= 15 is 0 Å². The summed E-state index contributed by atoms with van der Waals surface area (Å²) in [6, 6.07) is 11.7. The number of benzene rings is 2. The van der Waals surface area contributed by atoms with Crippen molar-refractivity contribution < 1.29 is 9.53 Å². The minimum Gasteiger partial charge on any atom is -0.385 e. The molecule has 1 fully saturated rings. The average Bonchev–Trinajstić information content (AvgIpc) is 3.27. The van der Waals surface area contributed by atoms with Gasteiger partial charge in [0.15, 0.2) is 4.77 Å². The smallest absolute Gasteiger partial charge is 0.262 e. The first-order valence-electron chi connectivity index (χ1n) is 11.0. The van der Waals surface area contributed by atoms with Crippen LogP contribution in [0.25, 0.3) is 10.9 Å². The Morgan fingerprint density at radius 3 is 2.75 bits per heavy atom. The fourth-order valence-electron chi connectivity index (χ4n) is 4.45. The van der Waals surface area contributed by atoms with Gasteiger partial charge >= 0.3 is 0 Å². The fourth-order valence-corrected chi connectivity index (χ4v) is 4.74. The first-order valence-corrected chi connectivity index (χ1v) is 11.5. The molecule has 0 aliphatic carbocycles. The van der Waals surface area contributed by atoms with Crippen LogP contribution in [0.15, 0.2) is 41.2 Å². The largest absolute Gasteiger partial charge is 0.385 e. The fraction of sp³-hybridized carbons (Fsp3) is 0.400. The van der Waals surface area contributed by atoms with Crippen molar-refractivity contribution in [2.45, 2.75) is 45.7 Å². The monoisotopic (exact) mass is 451 g/mol. The molecule has 1 unspecified atom stereocenters. The van der Waals surface area contributed by atoms with Crippen molar-refractivity contribution >= 4 is 29.0 Å². The van der Waals surface area contributed by atoms with Gasteiger partial charge in [-0.1, -0.05) is 18.2 Å². The maximum atomic E-state index is 13.4. The van der Waals surface area contributed by atoms with E-state index in [2.05, 4.69) is 37.0 Å².